The van der Waals surface area contributed by atoms with Gasteiger partial charge in [0, 0.05) is 12.2 Å². The summed E-state index contributed by atoms with van der Waals surface area (Å²) in [6, 6.07) is 9.47. The molecule has 0 fully saturated rings. The fraction of sp³-hybridized carbons (Fsp3) is 0.133. The lowest BCUT2D eigenvalue weighted by Gasteiger charge is -2.09. The van der Waals surface area contributed by atoms with E-state index in [0.29, 0.717) is 17.3 Å². The van der Waals surface area contributed by atoms with E-state index in [2.05, 4.69) is 10.1 Å². The molecule has 0 bridgehead atoms. The molecule has 2 aromatic carbocycles. The first-order valence-corrected chi connectivity index (χ1v) is 6.82. The molecule has 21 heavy (non-hydrogen) atoms. The van der Waals surface area contributed by atoms with Gasteiger partial charge in [0.25, 0.3) is 0 Å². The average molecular weight is 328 g/mol. The SMILES string of the molecule is COC(=O)c1cc(NCc2ccc(Cl)c(F)c2)ccc1Cl. The zero-order chi connectivity index (χ0) is 15.4. The molecule has 0 saturated heterocycles. The Balaban J connectivity index is 2.13. The molecular weight excluding hydrogens is 316 g/mol. The fourth-order valence-electron chi connectivity index (χ4n) is 1.76. The highest BCUT2D eigenvalue weighted by atomic mass is 35.5. The summed E-state index contributed by atoms with van der Waals surface area (Å²) in [7, 11) is 1.29. The number of carbonyl (C=O) groups is 1. The van der Waals surface area contributed by atoms with Crippen LogP contribution >= 0.6 is 23.2 Å². The Morgan fingerprint density at radius 3 is 2.57 bits per heavy atom. The van der Waals surface area contributed by atoms with Crippen LogP contribution in [0.15, 0.2) is 36.4 Å². The van der Waals surface area contributed by atoms with Crippen molar-refractivity contribution in [3.8, 4) is 0 Å². The molecule has 0 unspecified atom stereocenters. The second kappa shape index (κ2) is 6.78. The van der Waals surface area contributed by atoms with Gasteiger partial charge < -0.3 is 10.1 Å². The van der Waals surface area contributed by atoms with E-state index in [1.165, 1.54) is 19.2 Å². The highest BCUT2D eigenvalue weighted by Crippen LogP contribution is 2.22. The van der Waals surface area contributed by atoms with E-state index < -0.39 is 11.8 Å². The third kappa shape index (κ3) is 3.86. The van der Waals surface area contributed by atoms with Crippen molar-refractivity contribution in [3.63, 3.8) is 0 Å². The summed E-state index contributed by atoms with van der Waals surface area (Å²) >= 11 is 11.6. The first-order chi connectivity index (χ1) is 10.0. The molecule has 0 aliphatic rings. The summed E-state index contributed by atoms with van der Waals surface area (Å²) in [5, 5.41) is 3.47. The number of esters is 1. The minimum Gasteiger partial charge on any atom is -0.465 e. The third-order valence-electron chi connectivity index (χ3n) is 2.85. The van der Waals surface area contributed by atoms with Crippen molar-refractivity contribution in [1.29, 1.82) is 0 Å². The van der Waals surface area contributed by atoms with Gasteiger partial charge in [-0.2, -0.15) is 0 Å². The maximum atomic E-state index is 13.3. The van der Waals surface area contributed by atoms with Crippen LogP contribution in [0.3, 0.4) is 0 Å². The zero-order valence-electron chi connectivity index (χ0n) is 11.1. The standard InChI is InChI=1S/C15H12Cl2FNO2/c1-21-15(20)11-7-10(3-5-12(11)16)19-8-9-2-4-13(17)14(18)6-9/h2-7,19H,8H2,1H3. The molecule has 0 heterocycles. The summed E-state index contributed by atoms with van der Waals surface area (Å²) in [6.07, 6.45) is 0. The summed E-state index contributed by atoms with van der Waals surface area (Å²) in [4.78, 5) is 11.5. The van der Waals surface area contributed by atoms with Crippen LogP contribution in [0.1, 0.15) is 15.9 Å². The number of ether oxygens (including phenoxy) is 1. The predicted molar refractivity (Wildman–Crippen MR) is 81.5 cm³/mol. The molecule has 110 valence electrons. The fourth-order valence-corrected chi connectivity index (χ4v) is 2.07. The number of hydrogen-bond donors (Lipinski definition) is 1. The molecule has 6 heteroatoms. The number of carbonyl (C=O) groups excluding carboxylic acids is 1. The molecule has 3 nitrogen and oxygen atoms in total. The van der Waals surface area contributed by atoms with E-state index in [0.717, 1.165) is 5.56 Å². The van der Waals surface area contributed by atoms with Gasteiger partial charge in [0.15, 0.2) is 0 Å². The third-order valence-corrected chi connectivity index (χ3v) is 3.49. The van der Waals surface area contributed by atoms with E-state index in [1.807, 2.05) is 0 Å². The van der Waals surface area contributed by atoms with Crippen molar-refractivity contribution >= 4 is 34.9 Å². The van der Waals surface area contributed by atoms with Crippen LogP contribution in [-0.4, -0.2) is 13.1 Å². The van der Waals surface area contributed by atoms with Gasteiger partial charge in [-0.25, -0.2) is 9.18 Å². The average Bonchev–Trinajstić information content (AvgIpc) is 2.49. The second-order valence-corrected chi connectivity index (χ2v) is 5.10. The Morgan fingerprint density at radius 1 is 1.19 bits per heavy atom. The minimum atomic E-state index is -0.513. The zero-order valence-corrected chi connectivity index (χ0v) is 12.6. The quantitative estimate of drug-likeness (QED) is 0.838. The van der Waals surface area contributed by atoms with E-state index >= 15 is 0 Å². The van der Waals surface area contributed by atoms with Gasteiger partial charge in [0.05, 0.1) is 22.7 Å². The summed E-state index contributed by atoms with van der Waals surface area (Å²) in [5.41, 5.74) is 1.67. The van der Waals surface area contributed by atoms with E-state index in [9.17, 15) is 9.18 Å². The number of benzene rings is 2. The Morgan fingerprint density at radius 2 is 1.90 bits per heavy atom. The molecule has 0 radical (unpaired) electrons. The number of rotatable bonds is 4. The van der Waals surface area contributed by atoms with Crippen molar-refractivity contribution in [1.82, 2.24) is 0 Å². The Bertz CT molecular complexity index is 677. The Labute approximate surface area is 131 Å². The first kappa shape index (κ1) is 15.6. The number of hydrogen-bond acceptors (Lipinski definition) is 3. The van der Waals surface area contributed by atoms with Gasteiger partial charge in [0.1, 0.15) is 5.82 Å². The molecule has 2 aromatic rings. The normalized spacial score (nSPS) is 10.3. The van der Waals surface area contributed by atoms with Crippen LogP contribution in [0.2, 0.25) is 10.0 Å². The van der Waals surface area contributed by atoms with Gasteiger partial charge in [-0.1, -0.05) is 29.3 Å². The minimum absolute atomic E-state index is 0.0817. The highest BCUT2D eigenvalue weighted by Gasteiger charge is 2.11. The summed E-state index contributed by atoms with van der Waals surface area (Å²) < 4.78 is 18.0. The van der Waals surface area contributed by atoms with E-state index in [1.54, 1.807) is 24.3 Å². The van der Waals surface area contributed by atoms with Crippen molar-refractivity contribution < 1.29 is 13.9 Å². The van der Waals surface area contributed by atoms with E-state index in [4.69, 9.17) is 23.2 Å². The molecule has 0 saturated carbocycles. The van der Waals surface area contributed by atoms with Crippen LogP contribution in [-0.2, 0) is 11.3 Å². The molecule has 0 aliphatic heterocycles. The molecule has 0 spiro atoms. The lowest BCUT2D eigenvalue weighted by atomic mass is 10.2. The van der Waals surface area contributed by atoms with Gasteiger partial charge in [-0.15, -0.1) is 0 Å². The van der Waals surface area contributed by atoms with Crippen molar-refractivity contribution in [2.75, 3.05) is 12.4 Å². The number of methoxy groups -OCH3 is 1. The van der Waals surface area contributed by atoms with E-state index in [-0.39, 0.29) is 10.6 Å². The summed E-state index contributed by atoms with van der Waals surface area (Å²) in [5.74, 6) is -0.983. The lowest BCUT2D eigenvalue weighted by Crippen LogP contribution is -2.05. The Kier molecular flexibility index (Phi) is 5.04. The van der Waals surface area contributed by atoms with Crippen molar-refractivity contribution in [3.05, 3.63) is 63.4 Å². The molecular formula is C15H12Cl2FNO2. The van der Waals surface area contributed by atoms with Gasteiger partial charge in [-0.05, 0) is 35.9 Å². The largest absolute Gasteiger partial charge is 0.465 e. The predicted octanol–water partition coefficient (Wildman–Crippen LogP) is 4.53. The summed E-state index contributed by atoms with van der Waals surface area (Å²) in [6.45, 7) is 0.385. The molecule has 1 N–H and O–H groups in total. The van der Waals surface area contributed by atoms with Crippen molar-refractivity contribution in [2.45, 2.75) is 6.54 Å². The molecule has 0 amide bonds. The monoisotopic (exact) mass is 327 g/mol. The molecule has 0 atom stereocenters. The smallest absolute Gasteiger partial charge is 0.339 e. The molecule has 0 aromatic heterocycles. The van der Waals surface area contributed by atoms with Gasteiger partial charge in [-0.3, -0.25) is 0 Å². The number of halogens is 3. The topological polar surface area (TPSA) is 38.3 Å². The number of anilines is 1. The van der Waals surface area contributed by atoms with Crippen LogP contribution in [0.5, 0.6) is 0 Å². The maximum Gasteiger partial charge on any atom is 0.339 e. The maximum absolute atomic E-state index is 13.3. The second-order valence-electron chi connectivity index (χ2n) is 4.29. The molecule has 0 aliphatic carbocycles. The molecule has 2 rings (SSSR count). The van der Waals surface area contributed by atoms with Gasteiger partial charge in [0.2, 0.25) is 0 Å². The number of nitrogens with one attached hydrogen (secondary N) is 1. The Hall–Kier alpha value is -1.78. The lowest BCUT2D eigenvalue weighted by molar-refractivity contribution is 0.0601. The highest BCUT2D eigenvalue weighted by molar-refractivity contribution is 6.33. The first-order valence-electron chi connectivity index (χ1n) is 6.07. The van der Waals surface area contributed by atoms with Gasteiger partial charge >= 0.3 is 5.97 Å². The van der Waals surface area contributed by atoms with Crippen LogP contribution in [0.4, 0.5) is 10.1 Å². The van der Waals surface area contributed by atoms with Crippen LogP contribution < -0.4 is 5.32 Å². The van der Waals surface area contributed by atoms with Crippen LogP contribution in [0, 0.1) is 5.82 Å². The van der Waals surface area contributed by atoms with Crippen molar-refractivity contribution in [2.24, 2.45) is 0 Å². The van der Waals surface area contributed by atoms with Crippen LogP contribution in [0.25, 0.3) is 0 Å².